The number of hydrogen-bond acceptors (Lipinski definition) is 3. The highest BCUT2D eigenvalue weighted by Gasteiger charge is 2.13. The molecule has 1 unspecified atom stereocenters. The van der Waals surface area contributed by atoms with Crippen LogP contribution in [0, 0.1) is 18.6 Å². The number of aromatic nitrogens is 3. The summed E-state index contributed by atoms with van der Waals surface area (Å²) in [4.78, 5) is 4.02. The highest BCUT2D eigenvalue weighted by atomic mass is 19.1. The summed E-state index contributed by atoms with van der Waals surface area (Å²) >= 11 is 0. The third-order valence-corrected chi connectivity index (χ3v) is 3.25. The van der Waals surface area contributed by atoms with Gasteiger partial charge in [-0.25, -0.2) is 13.8 Å². The molecule has 2 rings (SSSR count). The van der Waals surface area contributed by atoms with Crippen LogP contribution in [-0.2, 0) is 6.42 Å². The largest absolute Gasteiger partial charge is 0.310 e. The Morgan fingerprint density at radius 2 is 2.10 bits per heavy atom. The first kappa shape index (κ1) is 14.6. The average molecular weight is 280 g/mol. The van der Waals surface area contributed by atoms with Gasteiger partial charge in [-0.3, -0.25) is 5.10 Å². The monoisotopic (exact) mass is 280 g/mol. The molecule has 0 bridgehead atoms. The van der Waals surface area contributed by atoms with Crippen molar-refractivity contribution in [3.63, 3.8) is 0 Å². The molecule has 0 saturated carbocycles. The van der Waals surface area contributed by atoms with Gasteiger partial charge in [0.15, 0.2) is 0 Å². The molecule has 0 aliphatic rings. The average Bonchev–Trinajstić information content (AvgIpc) is 2.92. The normalized spacial score (nSPS) is 12.6. The van der Waals surface area contributed by atoms with Crippen LogP contribution in [0.25, 0.3) is 0 Å². The zero-order valence-corrected chi connectivity index (χ0v) is 11.6. The first-order chi connectivity index (χ1) is 9.58. The standard InChI is InChI=1S/C14H18F2N4/c1-9-6-13(16)11(7-12(9)15)10(2)17-5-3-4-14-18-8-19-20-14/h6-8,10,17H,3-5H2,1-2H3,(H,18,19,20). The topological polar surface area (TPSA) is 53.6 Å². The lowest BCUT2D eigenvalue weighted by molar-refractivity contribution is 0.509. The van der Waals surface area contributed by atoms with Crippen molar-refractivity contribution < 1.29 is 8.78 Å². The van der Waals surface area contributed by atoms with Crippen molar-refractivity contribution in [2.45, 2.75) is 32.7 Å². The van der Waals surface area contributed by atoms with Gasteiger partial charge in [-0.1, -0.05) is 0 Å². The van der Waals surface area contributed by atoms with Crippen LogP contribution >= 0.6 is 0 Å². The van der Waals surface area contributed by atoms with E-state index in [-0.39, 0.29) is 17.7 Å². The molecule has 0 radical (unpaired) electrons. The van der Waals surface area contributed by atoms with E-state index in [4.69, 9.17) is 0 Å². The molecule has 1 aromatic heterocycles. The zero-order chi connectivity index (χ0) is 14.5. The van der Waals surface area contributed by atoms with Gasteiger partial charge < -0.3 is 5.32 Å². The van der Waals surface area contributed by atoms with Crippen LogP contribution in [0.5, 0.6) is 0 Å². The third kappa shape index (κ3) is 3.60. The molecule has 20 heavy (non-hydrogen) atoms. The van der Waals surface area contributed by atoms with Gasteiger partial charge in [0.2, 0.25) is 0 Å². The van der Waals surface area contributed by atoms with Crippen LogP contribution in [0.1, 0.15) is 36.3 Å². The molecule has 0 aliphatic carbocycles. The summed E-state index contributed by atoms with van der Waals surface area (Å²) in [6.07, 6.45) is 3.08. The summed E-state index contributed by atoms with van der Waals surface area (Å²) in [5.41, 5.74) is 0.677. The minimum absolute atomic E-state index is 0.236. The summed E-state index contributed by atoms with van der Waals surface area (Å²) in [5, 5.41) is 9.73. The second-order valence-electron chi connectivity index (χ2n) is 4.83. The Balaban J connectivity index is 1.85. The predicted molar refractivity (Wildman–Crippen MR) is 72.2 cm³/mol. The molecular formula is C14H18F2N4. The van der Waals surface area contributed by atoms with E-state index in [0.717, 1.165) is 18.7 Å². The Morgan fingerprint density at radius 3 is 2.80 bits per heavy atom. The number of nitrogens with zero attached hydrogens (tertiary/aromatic N) is 2. The molecule has 2 aromatic rings. The van der Waals surface area contributed by atoms with Gasteiger partial charge in [-0.15, -0.1) is 0 Å². The van der Waals surface area contributed by atoms with E-state index in [2.05, 4.69) is 20.5 Å². The van der Waals surface area contributed by atoms with Crippen molar-refractivity contribution in [1.82, 2.24) is 20.5 Å². The van der Waals surface area contributed by atoms with Crippen molar-refractivity contribution in [3.8, 4) is 0 Å². The number of benzene rings is 1. The Kier molecular flexibility index (Phi) is 4.79. The number of hydrogen-bond donors (Lipinski definition) is 2. The summed E-state index contributed by atoms with van der Waals surface area (Å²) in [5.74, 6) is 0.0721. The molecule has 0 spiro atoms. The van der Waals surface area contributed by atoms with Gasteiger partial charge in [0, 0.05) is 18.0 Å². The fourth-order valence-corrected chi connectivity index (χ4v) is 2.03. The molecular weight excluding hydrogens is 262 g/mol. The minimum atomic E-state index is -0.378. The lowest BCUT2D eigenvalue weighted by Gasteiger charge is -2.15. The third-order valence-electron chi connectivity index (χ3n) is 3.25. The maximum atomic E-state index is 13.8. The molecule has 0 saturated heterocycles. The van der Waals surface area contributed by atoms with E-state index >= 15 is 0 Å². The summed E-state index contributed by atoms with van der Waals surface area (Å²) in [6, 6.07) is 2.26. The fraction of sp³-hybridized carbons (Fsp3) is 0.429. The van der Waals surface area contributed by atoms with Gasteiger partial charge in [-0.05, 0) is 44.5 Å². The molecule has 0 amide bonds. The van der Waals surface area contributed by atoms with E-state index in [1.807, 2.05) is 6.92 Å². The Bertz CT molecular complexity index is 555. The van der Waals surface area contributed by atoms with Crippen LogP contribution in [0.3, 0.4) is 0 Å². The Morgan fingerprint density at radius 1 is 1.30 bits per heavy atom. The summed E-state index contributed by atoms with van der Waals surface area (Å²) in [6.45, 7) is 4.07. The molecule has 1 atom stereocenters. The lowest BCUT2D eigenvalue weighted by Crippen LogP contribution is -2.21. The van der Waals surface area contributed by atoms with Crippen molar-refractivity contribution in [3.05, 3.63) is 47.0 Å². The van der Waals surface area contributed by atoms with E-state index in [1.165, 1.54) is 18.5 Å². The number of nitrogens with one attached hydrogen (secondary N) is 2. The number of rotatable bonds is 6. The van der Waals surface area contributed by atoms with Crippen LogP contribution in [0.4, 0.5) is 8.78 Å². The molecule has 1 heterocycles. The number of H-pyrrole nitrogens is 1. The number of halogens is 2. The molecule has 6 heteroatoms. The van der Waals surface area contributed by atoms with E-state index in [9.17, 15) is 8.78 Å². The smallest absolute Gasteiger partial charge is 0.137 e. The van der Waals surface area contributed by atoms with Crippen molar-refractivity contribution in [2.75, 3.05) is 6.54 Å². The van der Waals surface area contributed by atoms with Crippen LogP contribution in [-0.4, -0.2) is 21.7 Å². The first-order valence-electron chi connectivity index (χ1n) is 6.61. The van der Waals surface area contributed by atoms with Gasteiger partial charge in [0.25, 0.3) is 0 Å². The summed E-state index contributed by atoms with van der Waals surface area (Å²) < 4.78 is 27.3. The molecule has 2 N–H and O–H groups in total. The zero-order valence-electron chi connectivity index (χ0n) is 11.6. The predicted octanol–water partition coefficient (Wildman–Crippen LogP) is 2.67. The Hall–Kier alpha value is -1.82. The highest BCUT2D eigenvalue weighted by molar-refractivity contribution is 5.27. The molecule has 108 valence electrons. The molecule has 4 nitrogen and oxygen atoms in total. The quantitative estimate of drug-likeness (QED) is 0.800. The number of aromatic amines is 1. The van der Waals surface area contributed by atoms with Crippen molar-refractivity contribution in [2.24, 2.45) is 0 Å². The highest BCUT2D eigenvalue weighted by Crippen LogP contribution is 2.20. The van der Waals surface area contributed by atoms with Crippen molar-refractivity contribution >= 4 is 0 Å². The SMILES string of the molecule is Cc1cc(F)c(C(C)NCCCc2ncn[nH]2)cc1F. The van der Waals surface area contributed by atoms with Gasteiger partial charge in [0.05, 0.1) is 0 Å². The van der Waals surface area contributed by atoms with E-state index in [1.54, 1.807) is 6.92 Å². The molecule has 0 fully saturated rings. The first-order valence-corrected chi connectivity index (χ1v) is 6.61. The fourth-order valence-electron chi connectivity index (χ4n) is 2.03. The van der Waals surface area contributed by atoms with Crippen LogP contribution < -0.4 is 5.32 Å². The minimum Gasteiger partial charge on any atom is -0.310 e. The van der Waals surface area contributed by atoms with E-state index < -0.39 is 0 Å². The van der Waals surface area contributed by atoms with Gasteiger partial charge >= 0.3 is 0 Å². The number of aryl methyl sites for hydroxylation is 2. The second-order valence-corrected chi connectivity index (χ2v) is 4.83. The van der Waals surface area contributed by atoms with Gasteiger partial charge in [-0.2, -0.15) is 5.10 Å². The Labute approximate surface area is 116 Å². The van der Waals surface area contributed by atoms with Crippen LogP contribution in [0.2, 0.25) is 0 Å². The summed E-state index contributed by atoms with van der Waals surface area (Å²) in [7, 11) is 0. The molecule has 1 aromatic carbocycles. The maximum Gasteiger partial charge on any atom is 0.137 e. The maximum absolute atomic E-state index is 13.8. The van der Waals surface area contributed by atoms with Gasteiger partial charge in [0.1, 0.15) is 23.8 Å². The second kappa shape index (κ2) is 6.56. The lowest BCUT2D eigenvalue weighted by atomic mass is 10.0. The molecule has 0 aliphatic heterocycles. The van der Waals surface area contributed by atoms with Crippen molar-refractivity contribution in [1.29, 1.82) is 0 Å². The van der Waals surface area contributed by atoms with E-state index in [0.29, 0.717) is 17.7 Å². The van der Waals surface area contributed by atoms with Crippen LogP contribution in [0.15, 0.2) is 18.5 Å².